The van der Waals surface area contributed by atoms with Crippen molar-refractivity contribution in [1.29, 1.82) is 0 Å². The Morgan fingerprint density at radius 2 is 1.71 bits per heavy atom. The number of aromatic hydroxyl groups is 1. The quantitative estimate of drug-likeness (QED) is 0.844. The number of phenols is 1. The summed E-state index contributed by atoms with van der Waals surface area (Å²) in [5.74, 6) is -1.78. The van der Waals surface area contributed by atoms with E-state index in [1.165, 1.54) is 12.1 Å². The topological polar surface area (TPSA) is 101 Å². The summed E-state index contributed by atoms with van der Waals surface area (Å²) in [4.78, 5) is 11.6. The predicted molar refractivity (Wildman–Crippen MR) is 75.2 cm³/mol. The standard InChI is InChI=1S/C14H12O6S/c1-9-5-7-10(8-6-9)11-3-2-4-12(13(11)15)14(16)20-21(17,18)19/h2-8,15H,1H3,(H,17,18,19). The van der Waals surface area contributed by atoms with Crippen LogP contribution in [0.2, 0.25) is 0 Å². The van der Waals surface area contributed by atoms with E-state index in [1.54, 1.807) is 18.2 Å². The normalized spacial score (nSPS) is 11.1. The maximum atomic E-state index is 11.6. The van der Waals surface area contributed by atoms with E-state index in [2.05, 4.69) is 4.18 Å². The van der Waals surface area contributed by atoms with Gasteiger partial charge < -0.3 is 9.29 Å². The second-order valence-electron chi connectivity index (χ2n) is 4.37. The van der Waals surface area contributed by atoms with Gasteiger partial charge in [0.1, 0.15) is 11.3 Å². The molecule has 0 radical (unpaired) electrons. The van der Waals surface area contributed by atoms with Gasteiger partial charge in [0.2, 0.25) is 0 Å². The van der Waals surface area contributed by atoms with Crippen molar-refractivity contribution in [3.63, 3.8) is 0 Å². The molecule has 0 aliphatic heterocycles. The summed E-state index contributed by atoms with van der Waals surface area (Å²) in [7, 11) is -4.93. The molecule has 0 aliphatic rings. The van der Waals surface area contributed by atoms with Crippen LogP contribution in [0.5, 0.6) is 5.75 Å². The van der Waals surface area contributed by atoms with Crippen LogP contribution in [0.15, 0.2) is 42.5 Å². The number of para-hydroxylation sites is 1. The molecular weight excluding hydrogens is 296 g/mol. The minimum atomic E-state index is -4.93. The van der Waals surface area contributed by atoms with Crippen LogP contribution < -0.4 is 0 Å². The minimum Gasteiger partial charge on any atom is -0.506 e. The van der Waals surface area contributed by atoms with Gasteiger partial charge in [-0.3, -0.25) is 4.55 Å². The molecule has 21 heavy (non-hydrogen) atoms. The van der Waals surface area contributed by atoms with Crippen molar-refractivity contribution in [2.24, 2.45) is 0 Å². The molecule has 0 unspecified atom stereocenters. The van der Waals surface area contributed by atoms with E-state index in [4.69, 9.17) is 4.55 Å². The molecule has 2 N–H and O–H groups in total. The molecule has 7 heteroatoms. The third-order valence-electron chi connectivity index (χ3n) is 2.80. The molecule has 0 aliphatic carbocycles. The molecule has 0 atom stereocenters. The summed E-state index contributed by atoms with van der Waals surface area (Å²) < 4.78 is 33.4. The Kier molecular flexibility index (Phi) is 3.97. The number of carbonyl (C=O) groups excluding carboxylic acids is 1. The molecule has 0 heterocycles. The Hall–Kier alpha value is -2.38. The molecule has 2 aromatic rings. The van der Waals surface area contributed by atoms with E-state index < -0.39 is 22.1 Å². The number of hydrogen-bond acceptors (Lipinski definition) is 5. The summed E-state index contributed by atoms with van der Waals surface area (Å²) >= 11 is 0. The molecule has 0 spiro atoms. The smallest absolute Gasteiger partial charge is 0.449 e. The summed E-state index contributed by atoms with van der Waals surface area (Å²) in [6.45, 7) is 1.91. The van der Waals surface area contributed by atoms with E-state index >= 15 is 0 Å². The number of carbonyl (C=O) groups is 1. The number of aryl methyl sites for hydroxylation is 1. The molecule has 0 aromatic heterocycles. The maximum absolute atomic E-state index is 11.6. The highest BCUT2D eigenvalue weighted by Gasteiger charge is 2.21. The molecule has 0 amide bonds. The van der Waals surface area contributed by atoms with Gasteiger partial charge in [0.15, 0.2) is 0 Å². The second-order valence-corrected chi connectivity index (χ2v) is 5.39. The van der Waals surface area contributed by atoms with Gasteiger partial charge in [-0.25, -0.2) is 4.79 Å². The van der Waals surface area contributed by atoms with Crippen molar-refractivity contribution in [3.8, 4) is 16.9 Å². The molecule has 0 bridgehead atoms. The van der Waals surface area contributed by atoms with Gasteiger partial charge in [0.05, 0.1) is 0 Å². The van der Waals surface area contributed by atoms with Crippen molar-refractivity contribution >= 4 is 16.4 Å². The lowest BCUT2D eigenvalue weighted by Crippen LogP contribution is -2.12. The Morgan fingerprint density at radius 1 is 1.10 bits per heavy atom. The van der Waals surface area contributed by atoms with Gasteiger partial charge in [-0.1, -0.05) is 42.0 Å². The van der Waals surface area contributed by atoms with Gasteiger partial charge >= 0.3 is 16.4 Å². The van der Waals surface area contributed by atoms with Crippen LogP contribution in [0.3, 0.4) is 0 Å². The monoisotopic (exact) mass is 308 g/mol. The first-order valence-corrected chi connectivity index (χ1v) is 7.24. The summed E-state index contributed by atoms with van der Waals surface area (Å²) in [5, 5.41) is 10.1. The number of hydrogen-bond donors (Lipinski definition) is 2. The molecule has 110 valence electrons. The predicted octanol–water partition coefficient (Wildman–Crippen LogP) is 2.33. The van der Waals surface area contributed by atoms with Crippen LogP contribution in [0.1, 0.15) is 15.9 Å². The van der Waals surface area contributed by atoms with Crippen LogP contribution >= 0.6 is 0 Å². The first-order valence-electron chi connectivity index (χ1n) is 5.88. The van der Waals surface area contributed by atoms with Crippen molar-refractivity contribution in [2.45, 2.75) is 6.92 Å². The van der Waals surface area contributed by atoms with Crippen molar-refractivity contribution in [1.82, 2.24) is 0 Å². The van der Waals surface area contributed by atoms with Gasteiger partial charge in [-0.05, 0) is 18.6 Å². The van der Waals surface area contributed by atoms with E-state index in [0.717, 1.165) is 5.56 Å². The highest BCUT2D eigenvalue weighted by atomic mass is 32.3. The van der Waals surface area contributed by atoms with Crippen molar-refractivity contribution in [2.75, 3.05) is 0 Å². The fourth-order valence-electron chi connectivity index (χ4n) is 1.81. The molecule has 0 fully saturated rings. The van der Waals surface area contributed by atoms with E-state index in [1.807, 2.05) is 19.1 Å². The lowest BCUT2D eigenvalue weighted by Gasteiger charge is -2.09. The van der Waals surface area contributed by atoms with Gasteiger partial charge in [-0.2, -0.15) is 8.42 Å². The average molecular weight is 308 g/mol. The van der Waals surface area contributed by atoms with Crippen LogP contribution in [0.4, 0.5) is 0 Å². The molecule has 0 saturated heterocycles. The highest BCUT2D eigenvalue weighted by molar-refractivity contribution is 7.81. The SMILES string of the molecule is Cc1ccc(-c2cccc(C(=O)OS(=O)(=O)O)c2O)cc1. The minimum absolute atomic E-state index is 0.347. The van der Waals surface area contributed by atoms with E-state index in [-0.39, 0.29) is 5.56 Å². The molecule has 0 saturated carbocycles. The molecule has 2 aromatic carbocycles. The van der Waals surface area contributed by atoms with Gasteiger partial charge in [-0.15, -0.1) is 0 Å². The first kappa shape index (κ1) is 15.0. The zero-order chi connectivity index (χ0) is 15.6. The Morgan fingerprint density at radius 3 is 2.29 bits per heavy atom. The Balaban J connectivity index is 2.45. The van der Waals surface area contributed by atoms with Crippen molar-refractivity contribution < 1.29 is 27.1 Å². The largest absolute Gasteiger partial charge is 0.506 e. The first-order chi connectivity index (χ1) is 9.78. The molecular formula is C14H12O6S. The zero-order valence-corrected chi connectivity index (χ0v) is 11.8. The molecule has 2 rings (SSSR count). The highest BCUT2D eigenvalue weighted by Crippen LogP contribution is 2.32. The van der Waals surface area contributed by atoms with E-state index in [9.17, 15) is 18.3 Å². The average Bonchev–Trinajstić information content (AvgIpc) is 2.38. The fraction of sp³-hybridized carbons (Fsp3) is 0.0714. The third-order valence-corrected chi connectivity index (χ3v) is 3.16. The number of benzene rings is 2. The number of phenolic OH excluding ortho intramolecular Hbond substituents is 1. The summed E-state index contributed by atoms with van der Waals surface area (Å²) in [6, 6.07) is 11.4. The lowest BCUT2D eigenvalue weighted by atomic mass is 10.0. The van der Waals surface area contributed by atoms with Crippen LogP contribution in [0.25, 0.3) is 11.1 Å². The zero-order valence-electron chi connectivity index (χ0n) is 11.0. The van der Waals surface area contributed by atoms with Gasteiger partial charge in [0, 0.05) is 5.56 Å². The second kappa shape index (κ2) is 5.55. The van der Waals surface area contributed by atoms with Crippen LogP contribution in [-0.4, -0.2) is 24.0 Å². The lowest BCUT2D eigenvalue weighted by molar-refractivity contribution is 0.0724. The molecule has 6 nitrogen and oxygen atoms in total. The van der Waals surface area contributed by atoms with Crippen LogP contribution in [0, 0.1) is 6.92 Å². The number of rotatable bonds is 3. The van der Waals surface area contributed by atoms with Crippen molar-refractivity contribution in [3.05, 3.63) is 53.6 Å². The maximum Gasteiger partial charge on any atom is 0.449 e. The summed E-state index contributed by atoms with van der Waals surface area (Å²) in [5.41, 5.74) is 1.67. The Labute approximate surface area is 121 Å². The van der Waals surface area contributed by atoms with Gasteiger partial charge in [0.25, 0.3) is 0 Å². The fourth-order valence-corrected chi connectivity index (χ4v) is 2.10. The van der Waals surface area contributed by atoms with E-state index in [0.29, 0.717) is 11.1 Å². The Bertz CT molecular complexity index is 778. The van der Waals surface area contributed by atoms with Crippen LogP contribution in [-0.2, 0) is 14.6 Å². The summed E-state index contributed by atoms with van der Waals surface area (Å²) in [6.07, 6.45) is 0. The third kappa shape index (κ3) is 3.59.